The predicted octanol–water partition coefficient (Wildman–Crippen LogP) is 3.83. The molecule has 0 bridgehead atoms. The molecule has 0 spiro atoms. The summed E-state index contributed by atoms with van der Waals surface area (Å²) < 4.78 is 28.5. The number of rotatable bonds is 2. The van der Waals surface area contributed by atoms with Crippen LogP contribution in [0, 0.1) is 13.8 Å². The molecule has 26 heavy (non-hydrogen) atoms. The van der Waals surface area contributed by atoms with Gasteiger partial charge in [0.1, 0.15) is 27.2 Å². The number of nitrogens with zero attached hydrogens (tertiary/aromatic N) is 6. The molecular weight excluding hydrogens is 360 g/mol. The summed E-state index contributed by atoms with van der Waals surface area (Å²) in [4.78, 5) is 13.7. The fourth-order valence-corrected chi connectivity index (χ4v) is 4.17. The molecule has 0 aromatic carbocycles. The van der Waals surface area contributed by atoms with E-state index in [1.54, 1.807) is 17.8 Å². The zero-order chi connectivity index (χ0) is 18.0. The SMILES string of the molecule is Cc1cc(-c2nc3c4sc5nc(C(F)F)cc(C)c5c4ncn3n2)n[nH]1. The van der Waals surface area contributed by atoms with E-state index in [2.05, 4.69) is 30.2 Å². The minimum Gasteiger partial charge on any atom is -0.282 e. The van der Waals surface area contributed by atoms with Gasteiger partial charge in [0.25, 0.3) is 6.43 Å². The number of fused-ring (bicyclic) bond motifs is 5. The van der Waals surface area contributed by atoms with Crippen molar-refractivity contribution in [3.63, 3.8) is 0 Å². The Balaban J connectivity index is 1.82. The van der Waals surface area contributed by atoms with E-state index in [0.717, 1.165) is 21.3 Å². The quantitative estimate of drug-likeness (QED) is 0.510. The molecule has 0 amide bonds. The first-order chi connectivity index (χ1) is 12.5. The van der Waals surface area contributed by atoms with Gasteiger partial charge < -0.3 is 0 Å². The summed E-state index contributed by atoms with van der Waals surface area (Å²) in [5.74, 6) is 0.471. The van der Waals surface area contributed by atoms with Gasteiger partial charge in [0.15, 0.2) is 5.65 Å². The van der Waals surface area contributed by atoms with Crippen LogP contribution in [0.2, 0.25) is 0 Å². The molecule has 0 aliphatic carbocycles. The minimum atomic E-state index is -2.61. The minimum absolute atomic E-state index is 0.230. The van der Waals surface area contributed by atoms with Gasteiger partial charge in [-0.05, 0) is 31.5 Å². The summed E-state index contributed by atoms with van der Waals surface area (Å²) in [7, 11) is 0. The number of thiophene rings is 1. The lowest BCUT2D eigenvalue weighted by atomic mass is 10.1. The average molecular weight is 371 g/mol. The van der Waals surface area contributed by atoms with Crippen LogP contribution in [0.25, 0.3) is 37.6 Å². The van der Waals surface area contributed by atoms with Gasteiger partial charge in [-0.3, -0.25) is 5.10 Å². The van der Waals surface area contributed by atoms with Gasteiger partial charge in [0.2, 0.25) is 5.82 Å². The lowest BCUT2D eigenvalue weighted by molar-refractivity contribution is 0.146. The van der Waals surface area contributed by atoms with Gasteiger partial charge in [-0.25, -0.2) is 28.2 Å². The maximum Gasteiger partial charge on any atom is 0.280 e. The monoisotopic (exact) mass is 371 g/mol. The van der Waals surface area contributed by atoms with E-state index in [4.69, 9.17) is 0 Å². The largest absolute Gasteiger partial charge is 0.282 e. The van der Waals surface area contributed by atoms with Crippen molar-refractivity contribution in [1.82, 2.24) is 34.8 Å². The molecule has 1 N–H and O–H groups in total. The molecular formula is C16H11F2N7S. The van der Waals surface area contributed by atoms with Gasteiger partial charge in [0, 0.05) is 11.1 Å². The topological polar surface area (TPSA) is 84.7 Å². The van der Waals surface area contributed by atoms with Crippen molar-refractivity contribution in [3.8, 4) is 11.5 Å². The highest BCUT2D eigenvalue weighted by atomic mass is 32.1. The van der Waals surface area contributed by atoms with Gasteiger partial charge in [-0.15, -0.1) is 16.4 Å². The van der Waals surface area contributed by atoms with E-state index in [-0.39, 0.29) is 5.69 Å². The van der Waals surface area contributed by atoms with Crippen LogP contribution in [0.1, 0.15) is 23.4 Å². The Morgan fingerprint density at radius 2 is 2.04 bits per heavy atom. The van der Waals surface area contributed by atoms with Crippen molar-refractivity contribution in [3.05, 3.63) is 35.4 Å². The van der Waals surface area contributed by atoms with Crippen LogP contribution in [0.4, 0.5) is 8.78 Å². The van der Waals surface area contributed by atoms with E-state index in [1.807, 2.05) is 13.0 Å². The van der Waals surface area contributed by atoms with Crippen LogP contribution < -0.4 is 0 Å². The number of aromatic amines is 1. The molecule has 5 aromatic rings. The van der Waals surface area contributed by atoms with E-state index in [0.29, 0.717) is 27.5 Å². The number of halogens is 2. The smallest absolute Gasteiger partial charge is 0.280 e. The number of aryl methyl sites for hydroxylation is 2. The summed E-state index contributed by atoms with van der Waals surface area (Å²) in [5, 5.41) is 12.2. The number of nitrogens with one attached hydrogen (secondary N) is 1. The molecule has 5 heterocycles. The highest BCUT2D eigenvalue weighted by molar-refractivity contribution is 7.26. The second kappa shape index (κ2) is 5.24. The van der Waals surface area contributed by atoms with Crippen LogP contribution in [0.15, 0.2) is 18.5 Å². The molecule has 5 aromatic heterocycles. The lowest BCUT2D eigenvalue weighted by Crippen LogP contribution is -1.92. The number of pyridine rings is 1. The molecule has 0 atom stereocenters. The molecule has 0 saturated carbocycles. The Hall–Kier alpha value is -3.01. The van der Waals surface area contributed by atoms with Crippen molar-refractivity contribution >= 4 is 37.4 Å². The second-order valence-electron chi connectivity index (χ2n) is 6.01. The molecule has 10 heteroatoms. The number of aromatic nitrogens is 7. The van der Waals surface area contributed by atoms with Crippen LogP contribution >= 0.6 is 11.3 Å². The zero-order valence-electron chi connectivity index (χ0n) is 13.7. The van der Waals surface area contributed by atoms with Crippen molar-refractivity contribution in [2.24, 2.45) is 0 Å². The van der Waals surface area contributed by atoms with E-state index >= 15 is 0 Å². The molecule has 5 rings (SSSR count). The maximum absolute atomic E-state index is 13.1. The number of hydrogen-bond donors (Lipinski definition) is 1. The van der Waals surface area contributed by atoms with E-state index in [9.17, 15) is 8.78 Å². The fourth-order valence-electron chi connectivity index (χ4n) is 2.99. The van der Waals surface area contributed by atoms with Gasteiger partial charge in [0.05, 0.1) is 5.52 Å². The number of alkyl halides is 2. The Morgan fingerprint density at radius 1 is 1.19 bits per heavy atom. The van der Waals surface area contributed by atoms with E-state index < -0.39 is 6.43 Å². The molecule has 0 saturated heterocycles. The fraction of sp³-hybridized carbons (Fsp3) is 0.188. The first-order valence-corrected chi connectivity index (χ1v) is 8.58. The Morgan fingerprint density at radius 3 is 2.77 bits per heavy atom. The molecule has 0 aliphatic heterocycles. The van der Waals surface area contributed by atoms with Crippen LogP contribution in [-0.2, 0) is 0 Å². The van der Waals surface area contributed by atoms with Crippen molar-refractivity contribution in [1.29, 1.82) is 0 Å². The van der Waals surface area contributed by atoms with Crippen LogP contribution in [0.5, 0.6) is 0 Å². The summed E-state index contributed by atoms with van der Waals surface area (Å²) in [6.45, 7) is 3.68. The zero-order valence-corrected chi connectivity index (χ0v) is 14.5. The predicted molar refractivity (Wildman–Crippen MR) is 93.5 cm³/mol. The van der Waals surface area contributed by atoms with Gasteiger partial charge in [-0.2, -0.15) is 5.10 Å². The molecule has 0 radical (unpaired) electrons. The number of hydrogen-bond acceptors (Lipinski definition) is 6. The third-order valence-electron chi connectivity index (χ3n) is 4.14. The first-order valence-electron chi connectivity index (χ1n) is 7.77. The first kappa shape index (κ1) is 15.3. The molecule has 0 aliphatic rings. The highest BCUT2D eigenvalue weighted by Gasteiger charge is 2.19. The lowest BCUT2D eigenvalue weighted by Gasteiger charge is -2.01. The third kappa shape index (κ3) is 2.11. The van der Waals surface area contributed by atoms with Crippen molar-refractivity contribution in [2.75, 3.05) is 0 Å². The molecule has 0 fully saturated rings. The standard InChI is InChI=1S/C16H11F2N7S/c1-6-3-8(13(17)18)20-16-10(6)11-12(26-16)15-21-14(24-25(15)5-19-11)9-4-7(2)22-23-9/h3-5,13H,1-2H3,(H,22,23). The van der Waals surface area contributed by atoms with Crippen molar-refractivity contribution < 1.29 is 8.78 Å². The van der Waals surface area contributed by atoms with Gasteiger partial charge in [-0.1, -0.05) is 0 Å². The molecule has 130 valence electrons. The molecule has 7 nitrogen and oxygen atoms in total. The average Bonchev–Trinajstić information content (AvgIpc) is 3.28. The highest BCUT2D eigenvalue weighted by Crippen LogP contribution is 2.37. The Labute approximate surface area is 148 Å². The Bertz CT molecular complexity index is 1300. The van der Waals surface area contributed by atoms with Gasteiger partial charge >= 0.3 is 0 Å². The van der Waals surface area contributed by atoms with E-state index in [1.165, 1.54) is 17.4 Å². The second-order valence-corrected chi connectivity index (χ2v) is 7.01. The summed E-state index contributed by atoms with van der Waals surface area (Å²) in [6, 6.07) is 3.26. The molecule has 0 unspecified atom stereocenters. The van der Waals surface area contributed by atoms with Crippen molar-refractivity contribution in [2.45, 2.75) is 20.3 Å². The summed E-state index contributed by atoms with van der Waals surface area (Å²) in [6.07, 6.45) is -1.04. The number of H-pyrrole nitrogens is 1. The summed E-state index contributed by atoms with van der Waals surface area (Å²) in [5.41, 5.74) is 3.33. The van der Waals surface area contributed by atoms with Crippen LogP contribution in [0.3, 0.4) is 0 Å². The van der Waals surface area contributed by atoms with Crippen LogP contribution in [-0.4, -0.2) is 34.8 Å². The normalized spacial score (nSPS) is 12.2. The maximum atomic E-state index is 13.1. The Kier molecular flexibility index (Phi) is 3.08. The summed E-state index contributed by atoms with van der Waals surface area (Å²) >= 11 is 1.29. The third-order valence-corrected chi connectivity index (χ3v) is 5.21.